The van der Waals surface area contributed by atoms with E-state index in [1.54, 1.807) is 24.0 Å². The summed E-state index contributed by atoms with van der Waals surface area (Å²) in [6.45, 7) is 0. The summed E-state index contributed by atoms with van der Waals surface area (Å²) in [7, 11) is 1.75. The molecule has 0 saturated heterocycles. The van der Waals surface area contributed by atoms with Gasteiger partial charge in [0.25, 0.3) is 0 Å². The predicted octanol–water partition coefficient (Wildman–Crippen LogP) is 3.11. The molecule has 0 unspecified atom stereocenters. The highest BCUT2D eigenvalue weighted by Crippen LogP contribution is 2.34. The predicted molar refractivity (Wildman–Crippen MR) is 64.6 cm³/mol. The topological polar surface area (TPSA) is 43.6 Å². The Kier molecular flexibility index (Phi) is 2.56. The van der Waals surface area contributed by atoms with Crippen molar-refractivity contribution >= 4 is 22.4 Å². The lowest BCUT2D eigenvalue weighted by atomic mass is 10.2. The summed E-state index contributed by atoms with van der Waals surface area (Å²) in [6.07, 6.45) is -1.31. The van der Waals surface area contributed by atoms with Crippen LogP contribution in [0, 0.1) is 0 Å². The molecule has 0 aliphatic heterocycles. The zero-order chi connectivity index (χ0) is 13.6. The summed E-state index contributed by atoms with van der Waals surface area (Å²) >= 11 is 0.577. The van der Waals surface area contributed by atoms with Crippen LogP contribution in [0.3, 0.4) is 0 Å². The summed E-state index contributed by atoms with van der Waals surface area (Å²) in [5.41, 5.74) is 2.26. The number of nitrogens with zero attached hydrogens (tertiary/aromatic N) is 4. The van der Waals surface area contributed by atoms with Crippen LogP contribution in [0.1, 0.15) is 5.01 Å². The minimum Gasteiger partial charge on any atom is -0.266 e. The third-order valence-corrected chi connectivity index (χ3v) is 3.53. The lowest BCUT2D eigenvalue weighted by molar-refractivity contribution is -0.137. The molecule has 98 valence electrons. The zero-order valence-corrected chi connectivity index (χ0v) is 10.5. The Morgan fingerprint density at radius 3 is 2.74 bits per heavy atom. The maximum absolute atomic E-state index is 12.5. The number of alkyl halides is 3. The molecule has 3 aromatic heterocycles. The molecule has 0 aliphatic rings. The summed E-state index contributed by atoms with van der Waals surface area (Å²) in [5.74, 6) is 0. The quantitative estimate of drug-likeness (QED) is 0.689. The van der Waals surface area contributed by atoms with Gasteiger partial charge in [-0.25, -0.2) is 4.98 Å². The first-order chi connectivity index (χ1) is 8.95. The van der Waals surface area contributed by atoms with E-state index in [-0.39, 0.29) is 5.69 Å². The number of fused-ring (bicyclic) bond motifs is 1. The van der Waals surface area contributed by atoms with Gasteiger partial charge in [0, 0.05) is 24.2 Å². The minimum absolute atomic E-state index is 0.271. The molecular weight excluding hydrogens is 277 g/mol. The number of pyridine rings is 1. The van der Waals surface area contributed by atoms with Gasteiger partial charge >= 0.3 is 6.18 Å². The van der Waals surface area contributed by atoms with Crippen LogP contribution < -0.4 is 0 Å². The summed E-state index contributed by atoms with van der Waals surface area (Å²) in [5, 5.41) is 4.55. The van der Waals surface area contributed by atoms with Crippen molar-refractivity contribution in [1.82, 2.24) is 19.7 Å². The van der Waals surface area contributed by atoms with Gasteiger partial charge in [-0.1, -0.05) is 0 Å². The fourth-order valence-corrected chi connectivity index (χ4v) is 2.40. The van der Waals surface area contributed by atoms with Gasteiger partial charge in [0.05, 0.1) is 17.4 Å². The third-order valence-electron chi connectivity index (χ3n) is 2.64. The number of aromatic nitrogens is 4. The van der Waals surface area contributed by atoms with E-state index in [1.807, 2.05) is 0 Å². The molecule has 0 atom stereocenters. The average molecular weight is 284 g/mol. The largest absolute Gasteiger partial charge is 0.443 e. The first-order valence-electron chi connectivity index (χ1n) is 5.26. The van der Waals surface area contributed by atoms with Crippen molar-refractivity contribution in [2.45, 2.75) is 6.18 Å². The first-order valence-corrected chi connectivity index (χ1v) is 6.14. The summed E-state index contributed by atoms with van der Waals surface area (Å²) in [6, 6.07) is 1.73. The molecule has 0 N–H and O–H groups in total. The fourth-order valence-electron chi connectivity index (χ4n) is 1.70. The van der Waals surface area contributed by atoms with Crippen molar-refractivity contribution in [2.75, 3.05) is 0 Å². The van der Waals surface area contributed by atoms with Crippen molar-refractivity contribution in [1.29, 1.82) is 0 Å². The van der Waals surface area contributed by atoms with Gasteiger partial charge in [0.2, 0.25) is 0 Å². The van der Waals surface area contributed by atoms with Crippen LogP contribution in [0.5, 0.6) is 0 Å². The number of hydrogen-bond donors (Lipinski definition) is 0. The number of halogens is 3. The Hall–Kier alpha value is -1.96. The van der Waals surface area contributed by atoms with Gasteiger partial charge in [0.15, 0.2) is 5.01 Å². The van der Waals surface area contributed by atoms with Crippen LogP contribution in [0.25, 0.3) is 22.3 Å². The monoisotopic (exact) mass is 284 g/mol. The molecule has 0 bridgehead atoms. The lowest BCUT2D eigenvalue weighted by Crippen LogP contribution is -2.03. The highest BCUT2D eigenvalue weighted by Gasteiger charge is 2.34. The number of hydrogen-bond acceptors (Lipinski definition) is 4. The minimum atomic E-state index is -4.41. The van der Waals surface area contributed by atoms with E-state index in [1.165, 1.54) is 11.6 Å². The van der Waals surface area contributed by atoms with Crippen molar-refractivity contribution in [3.63, 3.8) is 0 Å². The highest BCUT2D eigenvalue weighted by atomic mass is 32.1. The van der Waals surface area contributed by atoms with Gasteiger partial charge in [0.1, 0.15) is 5.52 Å². The molecule has 0 spiro atoms. The SMILES string of the molecule is Cn1ncc2ncc(-c3csc(C(F)(F)F)n3)cc21. The van der Waals surface area contributed by atoms with Crippen molar-refractivity contribution in [2.24, 2.45) is 7.05 Å². The van der Waals surface area contributed by atoms with E-state index >= 15 is 0 Å². The van der Waals surface area contributed by atoms with Gasteiger partial charge in [-0.05, 0) is 6.07 Å². The van der Waals surface area contributed by atoms with Crippen LogP contribution in [0.2, 0.25) is 0 Å². The molecule has 0 amide bonds. The van der Waals surface area contributed by atoms with E-state index in [0.29, 0.717) is 22.4 Å². The molecule has 0 aromatic carbocycles. The molecule has 3 heterocycles. The molecule has 8 heteroatoms. The normalized spacial score (nSPS) is 12.2. The van der Waals surface area contributed by atoms with Crippen LogP contribution in [-0.4, -0.2) is 19.7 Å². The summed E-state index contributed by atoms with van der Waals surface area (Å²) < 4.78 is 39.1. The van der Waals surface area contributed by atoms with Crippen molar-refractivity contribution < 1.29 is 13.2 Å². The first kappa shape index (κ1) is 12.1. The molecular formula is C11H7F3N4S. The molecule has 0 fully saturated rings. The third kappa shape index (κ3) is 2.07. The van der Waals surface area contributed by atoms with E-state index in [9.17, 15) is 13.2 Å². The van der Waals surface area contributed by atoms with E-state index < -0.39 is 11.2 Å². The second-order valence-electron chi connectivity index (χ2n) is 3.93. The van der Waals surface area contributed by atoms with Gasteiger partial charge < -0.3 is 0 Å². The summed E-state index contributed by atoms with van der Waals surface area (Å²) in [4.78, 5) is 7.75. The molecule has 19 heavy (non-hydrogen) atoms. The Morgan fingerprint density at radius 1 is 1.26 bits per heavy atom. The highest BCUT2D eigenvalue weighted by molar-refractivity contribution is 7.10. The number of rotatable bonds is 1. The number of thiazole rings is 1. The van der Waals surface area contributed by atoms with Crippen LogP contribution in [-0.2, 0) is 13.2 Å². The molecule has 0 aliphatic carbocycles. The molecule has 0 radical (unpaired) electrons. The maximum atomic E-state index is 12.5. The zero-order valence-electron chi connectivity index (χ0n) is 9.64. The van der Waals surface area contributed by atoms with Gasteiger partial charge in [-0.15, -0.1) is 11.3 Å². The standard InChI is InChI=1S/C11H7F3N4S/c1-18-9-2-6(3-15-7(9)4-16-18)8-5-19-10(17-8)11(12,13)14/h2-5H,1H3. The van der Waals surface area contributed by atoms with Gasteiger partial charge in [-0.2, -0.15) is 18.3 Å². The van der Waals surface area contributed by atoms with E-state index in [0.717, 1.165) is 5.52 Å². The smallest absolute Gasteiger partial charge is 0.266 e. The lowest BCUT2D eigenvalue weighted by Gasteiger charge is -2.00. The molecule has 3 rings (SSSR count). The number of aryl methyl sites for hydroxylation is 1. The van der Waals surface area contributed by atoms with Gasteiger partial charge in [-0.3, -0.25) is 9.67 Å². The second kappa shape index (κ2) is 4.02. The molecule has 0 saturated carbocycles. The van der Waals surface area contributed by atoms with Crippen LogP contribution >= 0.6 is 11.3 Å². The maximum Gasteiger partial charge on any atom is 0.443 e. The Bertz CT molecular complexity index is 744. The van der Waals surface area contributed by atoms with E-state index in [2.05, 4.69) is 15.1 Å². The Labute approximate surface area is 109 Å². The Balaban J connectivity index is 2.08. The van der Waals surface area contributed by atoms with Crippen molar-refractivity contribution in [3.8, 4) is 11.3 Å². The Morgan fingerprint density at radius 2 is 2.05 bits per heavy atom. The molecule has 4 nitrogen and oxygen atoms in total. The van der Waals surface area contributed by atoms with Crippen LogP contribution in [0.4, 0.5) is 13.2 Å². The second-order valence-corrected chi connectivity index (χ2v) is 4.79. The van der Waals surface area contributed by atoms with Crippen LogP contribution in [0.15, 0.2) is 23.8 Å². The average Bonchev–Trinajstić information content (AvgIpc) is 2.96. The van der Waals surface area contributed by atoms with Crippen molar-refractivity contribution in [3.05, 3.63) is 28.8 Å². The fraction of sp³-hybridized carbons (Fsp3) is 0.182. The molecule has 3 aromatic rings. The van der Waals surface area contributed by atoms with E-state index in [4.69, 9.17) is 0 Å².